The Balaban J connectivity index is 1.75. The van der Waals surface area contributed by atoms with Crippen molar-refractivity contribution < 1.29 is 0 Å². The molecular weight excluding hydrogens is 246 g/mol. The normalized spacial score (nSPS) is 18.1. The highest BCUT2D eigenvalue weighted by Gasteiger charge is 2.13. The Bertz CT molecular complexity index is 387. The Morgan fingerprint density at radius 2 is 1.94 bits per heavy atom. The number of likely N-dealkylation sites (N-methyl/N-ethyl adjacent to an activating group) is 1. The Morgan fingerprint density at radius 3 is 2.61 bits per heavy atom. The van der Waals surface area contributed by atoms with Crippen molar-refractivity contribution in [1.82, 2.24) is 9.80 Å². The van der Waals surface area contributed by atoms with Crippen LogP contribution in [0.4, 0.5) is 5.69 Å². The number of rotatable bonds is 4. The van der Waals surface area contributed by atoms with E-state index in [2.05, 4.69) is 16.8 Å². The quantitative estimate of drug-likeness (QED) is 0.848. The molecule has 1 heterocycles. The zero-order valence-electron chi connectivity index (χ0n) is 11.0. The Hall–Kier alpha value is -0.770. The van der Waals surface area contributed by atoms with Gasteiger partial charge in [-0.15, -0.1) is 0 Å². The fourth-order valence-corrected chi connectivity index (χ4v) is 2.61. The fourth-order valence-electron chi connectivity index (χ4n) is 2.33. The highest BCUT2D eigenvalue weighted by atomic mass is 35.5. The van der Waals surface area contributed by atoms with Gasteiger partial charge in [-0.2, -0.15) is 0 Å². The number of nitrogen functional groups attached to an aromatic ring is 1. The average Bonchev–Trinajstić information content (AvgIpc) is 2.34. The van der Waals surface area contributed by atoms with Gasteiger partial charge >= 0.3 is 0 Å². The van der Waals surface area contributed by atoms with Gasteiger partial charge in [0.2, 0.25) is 0 Å². The van der Waals surface area contributed by atoms with Crippen LogP contribution in [0, 0.1) is 0 Å². The standard InChI is InChI=1S/C14H22ClN3/c1-17-7-9-18(10-8-17)6-2-3-12-4-5-13(16)11-14(12)15/h4-5,11H,2-3,6-10,16H2,1H3. The van der Waals surface area contributed by atoms with Crippen molar-refractivity contribution in [1.29, 1.82) is 0 Å². The molecule has 1 aliphatic rings. The molecule has 2 N–H and O–H groups in total. The van der Waals surface area contributed by atoms with Gasteiger partial charge in [-0.3, -0.25) is 0 Å². The van der Waals surface area contributed by atoms with Gasteiger partial charge in [0.05, 0.1) is 0 Å². The van der Waals surface area contributed by atoms with Crippen molar-refractivity contribution in [2.45, 2.75) is 12.8 Å². The van der Waals surface area contributed by atoms with E-state index in [1.54, 1.807) is 0 Å². The van der Waals surface area contributed by atoms with Crippen LogP contribution in [-0.2, 0) is 6.42 Å². The van der Waals surface area contributed by atoms with Crippen molar-refractivity contribution >= 4 is 17.3 Å². The Kier molecular flexibility index (Phi) is 4.87. The molecule has 0 spiro atoms. The first-order valence-electron chi connectivity index (χ1n) is 6.60. The van der Waals surface area contributed by atoms with Crippen molar-refractivity contribution in [3.8, 4) is 0 Å². The number of piperazine rings is 1. The van der Waals surface area contributed by atoms with Crippen LogP contribution in [-0.4, -0.2) is 49.6 Å². The van der Waals surface area contributed by atoms with E-state index < -0.39 is 0 Å². The first-order chi connectivity index (χ1) is 8.65. The number of hydrogen-bond donors (Lipinski definition) is 1. The van der Waals surface area contributed by atoms with Gasteiger partial charge in [-0.1, -0.05) is 17.7 Å². The van der Waals surface area contributed by atoms with Gasteiger partial charge in [0.1, 0.15) is 0 Å². The van der Waals surface area contributed by atoms with Gasteiger partial charge in [0.25, 0.3) is 0 Å². The average molecular weight is 268 g/mol. The summed E-state index contributed by atoms with van der Waals surface area (Å²) in [5.74, 6) is 0. The molecule has 1 aromatic carbocycles. The van der Waals surface area contributed by atoms with E-state index in [-0.39, 0.29) is 0 Å². The van der Waals surface area contributed by atoms with Crippen molar-refractivity contribution in [3.63, 3.8) is 0 Å². The lowest BCUT2D eigenvalue weighted by Gasteiger charge is -2.32. The highest BCUT2D eigenvalue weighted by molar-refractivity contribution is 6.31. The summed E-state index contributed by atoms with van der Waals surface area (Å²) in [6.45, 7) is 5.90. The molecule has 0 unspecified atom stereocenters. The second-order valence-electron chi connectivity index (χ2n) is 5.10. The summed E-state index contributed by atoms with van der Waals surface area (Å²) in [7, 11) is 2.19. The molecule has 4 heteroatoms. The number of halogens is 1. The molecular formula is C14H22ClN3. The van der Waals surface area contributed by atoms with Crippen LogP contribution in [0.1, 0.15) is 12.0 Å². The molecule has 0 bridgehead atoms. The maximum Gasteiger partial charge on any atom is 0.0458 e. The van der Waals surface area contributed by atoms with Crippen LogP contribution in [0.5, 0.6) is 0 Å². The summed E-state index contributed by atoms with van der Waals surface area (Å²) in [6, 6.07) is 5.81. The lowest BCUT2D eigenvalue weighted by atomic mass is 10.1. The van der Waals surface area contributed by atoms with Gasteiger partial charge in [0.15, 0.2) is 0 Å². The minimum absolute atomic E-state index is 0.739. The number of hydrogen-bond acceptors (Lipinski definition) is 3. The molecule has 0 radical (unpaired) electrons. The molecule has 1 aromatic rings. The van der Waals surface area contributed by atoms with Crippen LogP contribution in [0.25, 0.3) is 0 Å². The largest absolute Gasteiger partial charge is 0.399 e. The van der Waals surface area contributed by atoms with E-state index in [0.717, 1.165) is 30.1 Å². The summed E-state index contributed by atoms with van der Waals surface area (Å²) in [4.78, 5) is 4.92. The Morgan fingerprint density at radius 1 is 1.22 bits per heavy atom. The SMILES string of the molecule is CN1CCN(CCCc2ccc(N)cc2Cl)CC1. The van der Waals surface area contributed by atoms with Crippen LogP contribution < -0.4 is 5.73 Å². The van der Waals surface area contributed by atoms with E-state index in [1.807, 2.05) is 18.2 Å². The topological polar surface area (TPSA) is 32.5 Å². The van der Waals surface area contributed by atoms with Gasteiger partial charge in [-0.25, -0.2) is 0 Å². The van der Waals surface area contributed by atoms with Gasteiger partial charge < -0.3 is 15.5 Å². The smallest absolute Gasteiger partial charge is 0.0458 e. The number of nitrogens with zero attached hydrogens (tertiary/aromatic N) is 2. The molecule has 3 nitrogen and oxygen atoms in total. The van der Waals surface area contributed by atoms with Crippen LogP contribution in [0.15, 0.2) is 18.2 Å². The number of anilines is 1. The van der Waals surface area contributed by atoms with Crippen molar-refractivity contribution in [2.24, 2.45) is 0 Å². The van der Waals surface area contributed by atoms with E-state index in [4.69, 9.17) is 17.3 Å². The lowest BCUT2D eigenvalue weighted by Crippen LogP contribution is -2.44. The summed E-state index contributed by atoms with van der Waals surface area (Å²) in [5, 5.41) is 0.799. The molecule has 2 rings (SSSR count). The highest BCUT2D eigenvalue weighted by Crippen LogP contribution is 2.20. The lowest BCUT2D eigenvalue weighted by molar-refractivity contribution is 0.153. The molecule has 1 fully saturated rings. The molecule has 1 saturated heterocycles. The van der Waals surface area contributed by atoms with Crippen LogP contribution >= 0.6 is 11.6 Å². The van der Waals surface area contributed by atoms with Gasteiger partial charge in [0, 0.05) is 36.9 Å². The second kappa shape index (κ2) is 6.41. The first kappa shape index (κ1) is 13.7. The van der Waals surface area contributed by atoms with Crippen LogP contribution in [0.2, 0.25) is 5.02 Å². The zero-order valence-corrected chi connectivity index (χ0v) is 11.8. The van der Waals surface area contributed by atoms with Crippen LogP contribution in [0.3, 0.4) is 0 Å². The molecule has 0 atom stereocenters. The molecule has 18 heavy (non-hydrogen) atoms. The maximum absolute atomic E-state index is 6.17. The zero-order chi connectivity index (χ0) is 13.0. The Labute approximate surface area is 115 Å². The molecule has 0 aromatic heterocycles. The minimum Gasteiger partial charge on any atom is -0.399 e. The summed E-state index contributed by atoms with van der Waals surface area (Å²) < 4.78 is 0. The molecule has 0 saturated carbocycles. The summed E-state index contributed by atoms with van der Waals surface area (Å²) >= 11 is 6.17. The monoisotopic (exact) mass is 267 g/mol. The predicted octanol–water partition coefficient (Wildman–Crippen LogP) is 2.10. The fraction of sp³-hybridized carbons (Fsp3) is 0.571. The van der Waals surface area contributed by atoms with E-state index in [1.165, 1.54) is 31.7 Å². The van der Waals surface area contributed by atoms with E-state index >= 15 is 0 Å². The third-order valence-electron chi connectivity index (χ3n) is 3.59. The number of nitrogens with two attached hydrogens (primary N) is 1. The van der Waals surface area contributed by atoms with E-state index in [9.17, 15) is 0 Å². The number of aryl methyl sites for hydroxylation is 1. The van der Waals surface area contributed by atoms with Gasteiger partial charge in [-0.05, 0) is 44.1 Å². The maximum atomic E-state index is 6.17. The second-order valence-corrected chi connectivity index (χ2v) is 5.51. The minimum atomic E-state index is 0.739. The summed E-state index contributed by atoms with van der Waals surface area (Å²) in [5.41, 5.74) is 7.64. The van der Waals surface area contributed by atoms with E-state index in [0.29, 0.717) is 0 Å². The first-order valence-corrected chi connectivity index (χ1v) is 6.98. The third kappa shape index (κ3) is 3.87. The number of benzene rings is 1. The molecule has 0 aliphatic carbocycles. The predicted molar refractivity (Wildman–Crippen MR) is 78.1 cm³/mol. The third-order valence-corrected chi connectivity index (χ3v) is 3.95. The molecule has 0 amide bonds. The summed E-state index contributed by atoms with van der Waals surface area (Å²) in [6.07, 6.45) is 2.19. The van der Waals surface area contributed by atoms with Crippen molar-refractivity contribution in [2.75, 3.05) is 45.5 Å². The molecule has 1 aliphatic heterocycles. The van der Waals surface area contributed by atoms with Crippen molar-refractivity contribution in [3.05, 3.63) is 28.8 Å². The molecule has 100 valence electrons.